The standard InChI is InChI=1S/C16H14BrFN6O4S/c1-11(9-22-10-19-20-21-22)23(16-8-12(17)2-7-15(16)18)29(27,28)14-5-3-13(4-6-14)24(25)26/h2-8,10-11H,9H2,1H3/t11-/m0/s1. The van der Waals surface area contributed by atoms with Crippen molar-refractivity contribution in [3.8, 4) is 0 Å². The van der Waals surface area contributed by atoms with Crippen molar-refractivity contribution < 1.29 is 17.7 Å². The highest BCUT2D eigenvalue weighted by Crippen LogP contribution is 2.32. The number of sulfonamides is 1. The van der Waals surface area contributed by atoms with Crippen molar-refractivity contribution in [1.29, 1.82) is 0 Å². The Bertz CT molecular complexity index is 1120. The van der Waals surface area contributed by atoms with Crippen LogP contribution < -0.4 is 4.31 Å². The summed E-state index contributed by atoms with van der Waals surface area (Å²) >= 11 is 3.22. The third kappa shape index (κ3) is 4.40. The van der Waals surface area contributed by atoms with Gasteiger partial charge in [0, 0.05) is 16.6 Å². The maximum atomic E-state index is 14.6. The quantitative estimate of drug-likeness (QED) is 0.372. The second-order valence-electron chi connectivity index (χ2n) is 6.03. The lowest BCUT2D eigenvalue weighted by Gasteiger charge is -2.30. The molecular formula is C16H14BrFN6O4S. The lowest BCUT2D eigenvalue weighted by atomic mass is 10.2. The molecule has 152 valence electrons. The van der Waals surface area contributed by atoms with Crippen LogP contribution in [0.4, 0.5) is 15.8 Å². The summed E-state index contributed by atoms with van der Waals surface area (Å²) in [5.74, 6) is -0.748. The van der Waals surface area contributed by atoms with E-state index >= 15 is 0 Å². The fourth-order valence-electron chi connectivity index (χ4n) is 2.72. The fraction of sp³-hybridized carbons (Fsp3) is 0.188. The summed E-state index contributed by atoms with van der Waals surface area (Å²) in [5, 5.41) is 21.6. The van der Waals surface area contributed by atoms with Gasteiger partial charge in [0.1, 0.15) is 12.1 Å². The summed E-state index contributed by atoms with van der Waals surface area (Å²) in [7, 11) is -4.27. The summed E-state index contributed by atoms with van der Waals surface area (Å²) in [4.78, 5) is 10.0. The summed E-state index contributed by atoms with van der Waals surface area (Å²) < 4.78 is 44.0. The van der Waals surface area contributed by atoms with Gasteiger partial charge in [-0.25, -0.2) is 17.5 Å². The van der Waals surface area contributed by atoms with Gasteiger partial charge in [0.2, 0.25) is 0 Å². The SMILES string of the molecule is C[C@@H](Cn1cnnn1)N(c1cc(Br)ccc1F)S(=O)(=O)c1ccc([N+](=O)[O-])cc1. The van der Waals surface area contributed by atoms with Gasteiger partial charge in [-0.15, -0.1) is 5.10 Å². The number of nitro benzene ring substituents is 1. The largest absolute Gasteiger partial charge is 0.269 e. The van der Waals surface area contributed by atoms with Gasteiger partial charge in [-0.2, -0.15) is 0 Å². The predicted molar refractivity (Wildman–Crippen MR) is 104 cm³/mol. The number of anilines is 1. The molecule has 10 nitrogen and oxygen atoms in total. The Morgan fingerprint density at radius 3 is 2.55 bits per heavy atom. The smallest absolute Gasteiger partial charge is 0.259 e. The minimum Gasteiger partial charge on any atom is -0.259 e. The highest BCUT2D eigenvalue weighted by atomic mass is 79.9. The topological polar surface area (TPSA) is 124 Å². The van der Waals surface area contributed by atoms with Gasteiger partial charge in [0.25, 0.3) is 15.7 Å². The number of rotatable bonds is 7. The molecule has 0 aliphatic rings. The average Bonchev–Trinajstić information content (AvgIpc) is 3.17. The predicted octanol–water partition coefficient (Wildman–Crippen LogP) is 2.77. The van der Waals surface area contributed by atoms with Gasteiger partial charge in [0.05, 0.1) is 28.1 Å². The van der Waals surface area contributed by atoms with Crippen molar-refractivity contribution in [3.63, 3.8) is 0 Å². The molecule has 0 saturated carbocycles. The molecule has 0 unspecified atom stereocenters. The molecule has 1 heterocycles. The van der Waals surface area contributed by atoms with Crippen LogP contribution in [0.25, 0.3) is 0 Å². The van der Waals surface area contributed by atoms with Gasteiger partial charge in [-0.05, 0) is 47.7 Å². The van der Waals surface area contributed by atoms with Gasteiger partial charge < -0.3 is 0 Å². The first-order valence-corrected chi connectivity index (χ1v) is 10.4. The van der Waals surface area contributed by atoms with E-state index in [2.05, 4.69) is 31.5 Å². The normalized spacial score (nSPS) is 12.5. The summed E-state index contributed by atoms with van der Waals surface area (Å²) in [6.07, 6.45) is 1.31. The highest BCUT2D eigenvalue weighted by molar-refractivity contribution is 9.10. The van der Waals surface area contributed by atoms with E-state index in [4.69, 9.17) is 0 Å². The summed E-state index contributed by atoms with van der Waals surface area (Å²) in [6, 6.07) is 7.52. The van der Waals surface area contributed by atoms with E-state index in [0.29, 0.717) is 4.47 Å². The van der Waals surface area contributed by atoms with E-state index in [1.54, 1.807) is 6.92 Å². The molecule has 0 fully saturated rings. The first-order valence-electron chi connectivity index (χ1n) is 8.15. The van der Waals surface area contributed by atoms with Crippen LogP contribution in [-0.2, 0) is 16.6 Å². The van der Waals surface area contributed by atoms with E-state index in [-0.39, 0.29) is 22.8 Å². The van der Waals surface area contributed by atoms with Gasteiger partial charge in [-0.1, -0.05) is 15.9 Å². The molecule has 2 aromatic carbocycles. The second kappa shape index (κ2) is 8.21. The van der Waals surface area contributed by atoms with Crippen LogP contribution in [0, 0.1) is 15.9 Å². The minimum atomic E-state index is -4.27. The lowest BCUT2D eigenvalue weighted by molar-refractivity contribution is -0.384. The van der Waals surface area contributed by atoms with Crippen molar-refractivity contribution in [2.45, 2.75) is 24.4 Å². The Balaban J connectivity index is 2.10. The molecule has 0 aliphatic carbocycles. The number of tetrazole rings is 1. The third-order valence-corrected chi connectivity index (χ3v) is 6.43. The van der Waals surface area contributed by atoms with E-state index in [0.717, 1.165) is 34.6 Å². The molecule has 0 bridgehead atoms. The van der Waals surface area contributed by atoms with Gasteiger partial charge >= 0.3 is 0 Å². The summed E-state index contributed by atoms with van der Waals surface area (Å²) in [6.45, 7) is 1.62. The van der Waals surface area contributed by atoms with Crippen LogP contribution in [-0.4, -0.2) is 39.6 Å². The van der Waals surface area contributed by atoms with Crippen LogP contribution in [0.15, 0.2) is 58.2 Å². The zero-order chi connectivity index (χ0) is 21.2. The number of hydrogen-bond acceptors (Lipinski definition) is 7. The molecule has 3 rings (SSSR count). The number of halogens is 2. The molecule has 13 heteroatoms. The Hall–Kier alpha value is -2.93. The van der Waals surface area contributed by atoms with Crippen molar-refractivity contribution in [2.24, 2.45) is 0 Å². The zero-order valence-corrected chi connectivity index (χ0v) is 17.3. The number of nitrogens with zero attached hydrogens (tertiary/aromatic N) is 6. The molecule has 0 spiro atoms. The lowest BCUT2D eigenvalue weighted by Crippen LogP contribution is -2.41. The molecule has 0 radical (unpaired) electrons. The van der Waals surface area contributed by atoms with Crippen LogP contribution in [0.3, 0.4) is 0 Å². The van der Waals surface area contributed by atoms with Crippen molar-refractivity contribution in [2.75, 3.05) is 4.31 Å². The molecule has 3 aromatic rings. The first-order chi connectivity index (χ1) is 13.7. The van der Waals surface area contributed by atoms with Crippen LogP contribution in [0.1, 0.15) is 6.92 Å². The second-order valence-corrected chi connectivity index (χ2v) is 8.76. The monoisotopic (exact) mass is 484 g/mol. The Labute approximate surface area is 173 Å². The molecular weight excluding hydrogens is 471 g/mol. The molecule has 0 aliphatic heterocycles. The van der Waals surface area contributed by atoms with Crippen LogP contribution in [0.5, 0.6) is 0 Å². The van der Waals surface area contributed by atoms with Crippen LogP contribution >= 0.6 is 15.9 Å². The van der Waals surface area contributed by atoms with Gasteiger partial charge in [-0.3, -0.25) is 14.4 Å². The molecule has 0 amide bonds. The van der Waals surface area contributed by atoms with Crippen molar-refractivity contribution in [3.05, 3.63) is 69.2 Å². The molecule has 0 saturated heterocycles. The molecule has 0 N–H and O–H groups in total. The van der Waals surface area contributed by atoms with E-state index in [1.807, 2.05) is 0 Å². The maximum Gasteiger partial charge on any atom is 0.269 e. The number of nitro groups is 1. The Morgan fingerprint density at radius 1 is 1.28 bits per heavy atom. The first kappa shape index (κ1) is 20.8. The van der Waals surface area contributed by atoms with Crippen molar-refractivity contribution in [1.82, 2.24) is 20.2 Å². The maximum absolute atomic E-state index is 14.6. The van der Waals surface area contributed by atoms with E-state index < -0.39 is 26.8 Å². The number of aromatic nitrogens is 4. The highest BCUT2D eigenvalue weighted by Gasteiger charge is 2.32. The molecule has 1 atom stereocenters. The number of benzene rings is 2. The average molecular weight is 485 g/mol. The van der Waals surface area contributed by atoms with E-state index in [1.165, 1.54) is 23.1 Å². The number of non-ortho nitro benzene ring substituents is 1. The number of hydrogen-bond donors (Lipinski definition) is 0. The van der Waals surface area contributed by atoms with E-state index in [9.17, 15) is 22.9 Å². The summed E-state index contributed by atoms with van der Waals surface area (Å²) in [5.41, 5.74) is -0.441. The van der Waals surface area contributed by atoms with Crippen LogP contribution in [0.2, 0.25) is 0 Å². The molecule has 29 heavy (non-hydrogen) atoms. The third-order valence-electron chi connectivity index (χ3n) is 3.99. The molecule has 1 aromatic heterocycles. The Morgan fingerprint density at radius 2 is 1.97 bits per heavy atom. The van der Waals surface area contributed by atoms with Crippen molar-refractivity contribution >= 4 is 37.3 Å². The van der Waals surface area contributed by atoms with Gasteiger partial charge in [0.15, 0.2) is 0 Å². The minimum absolute atomic E-state index is 0.0468. The zero-order valence-electron chi connectivity index (χ0n) is 14.9. The Kier molecular flexibility index (Phi) is 5.88. The fourth-order valence-corrected chi connectivity index (χ4v) is 4.72.